The highest BCUT2D eigenvalue weighted by molar-refractivity contribution is 5.40. The van der Waals surface area contributed by atoms with Crippen molar-refractivity contribution < 1.29 is 0 Å². The lowest BCUT2D eigenvalue weighted by Crippen LogP contribution is -2.31. The Morgan fingerprint density at radius 3 is 2.33 bits per heavy atom. The van der Waals surface area contributed by atoms with Gasteiger partial charge in [-0.15, -0.1) is 0 Å². The van der Waals surface area contributed by atoms with Crippen LogP contribution in [0.4, 0.5) is 5.82 Å². The number of nitrogens with two attached hydrogens (primary N) is 1. The van der Waals surface area contributed by atoms with Crippen molar-refractivity contribution in [2.75, 3.05) is 11.4 Å². The molecule has 3 nitrogen and oxygen atoms in total. The van der Waals surface area contributed by atoms with Crippen molar-refractivity contribution in [2.24, 2.45) is 5.73 Å². The summed E-state index contributed by atoms with van der Waals surface area (Å²) in [5.74, 6) is 1.02. The number of rotatable bonds is 4. The van der Waals surface area contributed by atoms with Crippen molar-refractivity contribution >= 4 is 5.82 Å². The monoisotopic (exact) mass is 207 g/mol. The Labute approximate surface area is 92.3 Å². The van der Waals surface area contributed by atoms with E-state index in [9.17, 15) is 0 Å². The fourth-order valence-electron chi connectivity index (χ4n) is 1.63. The minimum absolute atomic E-state index is 0.0562. The van der Waals surface area contributed by atoms with Crippen molar-refractivity contribution in [1.82, 2.24) is 4.98 Å². The molecule has 0 amide bonds. The van der Waals surface area contributed by atoms with Gasteiger partial charge in [0.05, 0.1) is 0 Å². The maximum atomic E-state index is 5.78. The Kier molecular flexibility index (Phi) is 4.09. The SMILES string of the molecule is CCN(c1ccc([C@H](C)N)cn1)C(C)C. The van der Waals surface area contributed by atoms with Gasteiger partial charge in [0.15, 0.2) is 0 Å². The molecule has 1 aromatic heterocycles. The largest absolute Gasteiger partial charge is 0.354 e. The van der Waals surface area contributed by atoms with Crippen LogP contribution in [0.25, 0.3) is 0 Å². The van der Waals surface area contributed by atoms with Crippen LogP contribution in [0.1, 0.15) is 39.3 Å². The number of nitrogens with zero attached hydrogens (tertiary/aromatic N) is 2. The fourth-order valence-corrected chi connectivity index (χ4v) is 1.63. The lowest BCUT2D eigenvalue weighted by atomic mass is 10.1. The van der Waals surface area contributed by atoms with Gasteiger partial charge in [-0.25, -0.2) is 4.98 Å². The zero-order chi connectivity index (χ0) is 11.4. The van der Waals surface area contributed by atoms with Gasteiger partial charge in [-0.1, -0.05) is 6.07 Å². The predicted octanol–water partition coefficient (Wildman–Crippen LogP) is 2.34. The molecule has 15 heavy (non-hydrogen) atoms. The van der Waals surface area contributed by atoms with Gasteiger partial charge in [0, 0.05) is 24.8 Å². The van der Waals surface area contributed by atoms with E-state index in [1.54, 1.807) is 0 Å². The van der Waals surface area contributed by atoms with Crippen molar-refractivity contribution in [3.8, 4) is 0 Å². The van der Waals surface area contributed by atoms with Gasteiger partial charge in [0.2, 0.25) is 0 Å². The number of hydrogen-bond acceptors (Lipinski definition) is 3. The van der Waals surface area contributed by atoms with E-state index in [-0.39, 0.29) is 6.04 Å². The Morgan fingerprint density at radius 2 is 2.00 bits per heavy atom. The van der Waals surface area contributed by atoms with Crippen molar-refractivity contribution in [3.63, 3.8) is 0 Å². The van der Waals surface area contributed by atoms with Crippen LogP contribution < -0.4 is 10.6 Å². The molecule has 84 valence electrons. The first kappa shape index (κ1) is 12.0. The summed E-state index contributed by atoms with van der Waals surface area (Å²) in [7, 11) is 0. The third-order valence-corrected chi connectivity index (χ3v) is 2.55. The topological polar surface area (TPSA) is 42.1 Å². The second-order valence-electron chi connectivity index (χ2n) is 4.12. The van der Waals surface area contributed by atoms with Gasteiger partial charge >= 0.3 is 0 Å². The first-order chi connectivity index (χ1) is 7.06. The van der Waals surface area contributed by atoms with E-state index in [1.807, 2.05) is 19.2 Å². The molecule has 3 heteroatoms. The van der Waals surface area contributed by atoms with E-state index in [0.29, 0.717) is 6.04 Å². The maximum Gasteiger partial charge on any atom is 0.128 e. The van der Waals surface area contributed by atoms with E-state index in [0.717, 1.165) is 17.9 Å². The summed E-state index contributed by atoms with van der Waals surface area (Å²) >= 11 is 0. The highest BCUT2D eigenvalue weighted by Gasteiger charge is 2.09. The van der Waals surface area contributed by atoms with Crippen LogP contribution in [-0.4, -0.2) is 17.6 Å². The standard InChI is InChI=1S/C12H21N3/c1-5-15(9(2)3)12-7-6-11(8-14-12)10(4)13/h6-10H,5,13H2,1-4H3/t10-/m0/s1. The highest BCUT2D eigenvalue weighted by Crippen LogP contribution is 2.16. The van der Waals surface area contributed by atoms with Gasteiger partial charge in [0.25, 0.3) is 0 Å². The molecule has 1 heterocycles. The van der Waals surface area contributed by atoms with E-state index >= 15 is 0 Å². The highest BCUT2D eigenvalue weighted by atomic mass is 15.2. The van der Waals surface area contributed by atoms with Gasteiger partial charge in [-0.2, -0.15) is 0 Å². The second-order valence-corrected chi connectivity index (χ2v) is 4.12. The van der Waals surface area contributed by atoms with Crippen LogP contribution in [0.2, 0.25) is 0 Å². The molecule has 0 aromatic carbocycles. The molecule has 2 N–H and O–H groups in total. The third-order valence-electron chi connectivity index (χ3n) is 2.55. The van der Waals surface area contributed by atoms with E-state index in [4.69, 9.17) is 5.73 Å². The van der Waals surface area contributed by atoms with Gasteiger partial charge < -0.3 is 10.6 Å². The molecule has 1 rings (SSSR count). The molecule has 0 spiro atoms. The van der Waals surface area contributed by atoms with E-state index < -0.39 is 0 Å². The Hall–Kier alpha value is -1.09. The second kappa shape index (κ2) is 5.12. The summed E-state index contributed by atoms with van der Waals surface area (Å²) in [5, 5.41) is 0. The van der Waals surface area contributed by atoms with E-state index in [2.05, 4.69) is 36.7 Å². The summed E-state index contributed by atoms with van der Waals surface area (Å²) in [6.45, 7) is 9.43. The molecule has 0 radical (unpaired) electrons. The summed E-state index contributed by atoms with van der Waals surface area (Å²) < 4.78 is 0. The molecule has 0 bridgehead atoms. The molecule has 0 fully saturated rings. The molecule has 0 saturated heterocycles. The molecule has 0 aliphatic rings. The van der Waals surface area contributed by atoms with Crippen LogP contribution in [0, 0.1) is 0 Å². The van der Waals surface area contributed by atoms with Crippen LogP contribution in [-0.2, 0) is 0 Å². The smallest absolute Gasteiger partial charge is 0.128 e. The Bertz CT molecular complexity index is 290. The van der Waals surface area contributed by atoms with E-state index in [1.165, 1.54) is 0 Å². The molecule has 0 aliphatic carbocycles. The molecule has 0 unspecified atom stereocenters. The molecular weight excluding hydrogens is 186 g/mol. The lowest BCUT2D eigenvalue weighted by Gasteiger charge is -2.26. The molecule has 1 aromatic rings. The average Bonchev–Trinajstić information content (AvgIpc) is 2.19. The quantitative estimate of drug-likeness (QED) is 0.824. The summed E-state index contributed by atoms with van der Waals surface area (Å²) in [5.41, 5.74) is 6.86. The Morgan fingerprint density at radius 1 is 1.33 bits per heavy atom. The first-order valence-corrected chi connectivity index (χ1v) is 5.54. The molecule has 0 aliphatic heterocycles. The van der Waals surface area contributed by atoms with Crippen molar-refractivity contribution in [3.05, 3.63) is 23.9 Å². The van der Waals surface area contributed by atoms with Crippen LogP contribution in [0.15, 0.2) is 18.3 Å². The van der Waals surface area contributed by atoms with Gasteiger partial charge in [0.1, 0.15) is 5.82 Å². The van der Waals surface area contributed by atoms with Gasteiger partial charge in [-0.05, 0) is 39.3 Å². The number of pyridine rings is 1. The number of aromatic nitrogens is 1. The van der Waals surface area contributed by atoms with Crippen LogP contribution in [0.3, 0.4) is 0 Å². The van der Waals surface area contributed by atoms with Crippen molar-refractivity contribution in [1.29, 1.82) is 0 Å². The minimum atomic E-state index is 0.0562. The maximum absolute atomic E-state index is 5.78. The number of anilines is 1. The normalized spacial score (nSPS) is 12.9. The third kappa shape index (κ3) is 2.93. The summed E-state index contributed by atoms with van der Waals surface area (Å²) in [4.78, 5) is 6.69. The fraction of sp³-hybridized carbons (Fsp3) is 0.583. The summed E-state index contributed by atoms with van der Waals surface area (Å²) in [6, 6.07) is 4.63. The predicted molar refractivity (Wildman–Crippen MR) is 65.0 cm³/mol. The number of hydrogen-bond donors (Lipinski definition) is 1. The Balaban J connectivity index is 2.87. The average molecular weight is 207 g/mol. The molecule has 0 saturated carbocycles. The van der Waals surface area contributed by atoms with Crippen LogP contribution >= 0.6 is 0 Å². The molecule has 1 atom stereocenters. The first-order valence-electron chi connectivity index (χ1n) is 5.54. The molecular formula is C12H21N3. The zero-order valence-electron chi connectivity index (χ0n) is 10.1. The van der Waals surface area contributed by atoms with Gasteiger partial charge in [-0.3, -0.25) is 0 Å². The minimum Gasteiger partial charge on any atom is -0.354 e. The van der Waals surface area contributed by atoms with Crippen LogP contribution in [0.5, 0.6) is 0 Å². The van der Waals surface area contributed by atoms with Crippen molar-refractivity contribution in [2.45, 2.75) is 39.8 Å². The lowest BCUT2D eigenvalue weighted by molar-refractivity contribution is 0.691. The zero-order valence-corrected chi connectivity index (χ0v) is 10.1. The summed E-state index contributed by atoms with van der Waals surface area (Å²) in [6.07, 6.45) is 1.87.